The van der Waals surface area contributed by atoms with Gasteiger partial charge in [0.1, 0.15) is 5.82 Å². The average Bonchev–Trinajstić information content (AvgIpc) is 3.42. The molecule has 0 aliphatic rings. The minimum Gasteiger partial charge on any atom is -0.328 e. The van der Waals surface area contributed by atoms with Gasteiger partial charge < -0.3 is 4.90 Å². The monoisotopic (exact) mass is 493 g/mol. The highest BCUT2D eigenvalue weighted by atomic mass is 32.1. The summed E-state index contributed by atoms with van der Waals surface area (Å²) in [7, 11) is 0. The first kappa shape index (κ1) is 23.7. The summed E-state index contributed by atoms with van der Waals surface area (Å²) in [4.78, 5) is 35.2. The molecular formula is C30H27N3O2S. The van der Waals surface area contributed by atoms with E-state index in [4.69, 9.17) is 4.98 Å². The van der Waals surface area contributed by atoms with Crippen molar-refractivity contribution in [3.05, 3.63) is 135 Å². The van der Waals surface area contributed by atoms with Gasteiger partial charge in [-0.25, -0.2) is 4.98 Å². The summed E-state index contributed by atoms with van der Waals surface area (Å²) in [6.07, 6.45) is 0.311. The molecular weight excluding hydrogens is 466 g/mol. The SMILES string of the molecule is CC(c1nc2ccccc2c(=O)n1Cc1ccccc1)N(Cc1ccccc1)C(=O)Cc1cccs1. The van der Waals surface area contributed by atoms with Gasteiger partial charge >= 0.3 is 0 Å². The molecule has 2 aromatic heterocycles. The second-order valence-electron chi connectivity index (χ2n) is 8.80. The molecule has 3 aromatic carbocycles. The number of carbonyl (C=O) groups is 1. The highest BCUT2D eigenvalue weighted by molar-refractivity contribution is 7.10. The van der Waals surface area contributed by atoms with E-state index in [0.717, 1.165) is 16.0 Å². The molecule has 0 aliphatic heterocycles. The third-order valence-corrected chi connectivity index (χ3v) is 7.21. The predicted octanol–water partition coefficient (Wildman–Crippen LogP) is 5.84. The summed E-state index contributed by atoms with van der Waals surface area (Å²) in [5.74, 6) is 0.584. The molecule has 36 heavy (non-hydrogen) atoms. The van der Waals surface area contributed by atoms with Gasteiger partial charge in [-0.05, 0) is 41.6 Å². The predicted molar refractivity (Wildman–Crippen MR) is 145 cm³/mol. The van der Waals surface area contributed by atoms with E-state index < -0.39 is 6.04 Å². The zero-order valence-corrected chi connectivity index (χ0v) is 20.9. The lowest BCUT2D eigenvalue weighted by Gasteiger charge is -2.31. The van der Waals surface area contributed by atoms with Crippen molar-refractivity contribution in [2.45, 2.75) is 32.5 Å². The molecule has 1 amide bonds. The molecule has 180 valence electrons. The van der Waals surface area contributed by atoms with E-state index in [0.29, 0.717) is 36.2 Å². The van der Waals surface area contributed by atoms with Crippen LogP contribution in [0.1, 0.15) is 34.8 Å². The fourth-order valence-electron chi connectivity index (χ4n) is 4.45. The Morgan fingerprint density at radius 3 is 2.25 bits per heavy atom. The van der Waals surface area contributed by atoms with E-state index >= 15 is 0 Å². The van der Waals surface area contributed by atoms with Crippen molar-refractivity contribution in [2.24, 2.45) is 0 Å². The Kier molecular flexibility index (Phi) is 7.05. The van der Waals surface area contributed by atoms with E-state index in [1.54, 1.807) is 15.9 Å². The van der Waals surface area contributed by atoms with Crippen LogP contribution in [0.2, 0.25) is 0 Å². The zero-order valence-electron chi connectivity index (χ0n) is 20.1. The van der Waals surface area contributed by atoms with Gasteiger partial charge in [0.2, 0.25) is 5.91 Å². The van der Waals surface area contributed by atoms with Crippen LogP contribution in [0.3, 0.4) is 0 Å². The third-order valence-electron chi connectivity index (χ3n) is 6.34. The number of nitrogens with zero attached hydrogens (tertiary/aromatic N) is 3. The number of carbonyl (C=O) groups excluding carboxylic acids is 1. The molecule has 2 heterocycles. The topological polar surface area (TPSA) is 55.2 Å². The van der Waals surface area contributed by atoms with Gasteiger partial charge in [-0.15, -0.1) is 11.3 Å². The number of hydrogen-bond donors (Lipinski definition) is 0. The molecule has 1 unspecified atom stereocenters. The van der Waals surface area contributed by atoms with Crippen LogP contribution in [0, 0.1) is 0 Å². The molecule has 0 spiro atoms. The fourth-order valence-corrected chi connectivity index (χ4v) is 5.14. The summed E-state index contributed by atoms with van der Waals surface area (Å²) in [5.41, 5.74) is 2.57. The smallest absolute Gasteiger partial charge is 0.261 e. The van der Waals surface area contributed by atoms with Crippen molar-refractivity contribution in [2.75, 3.05) is 0 Å². The van der Waals surface area contributed by atoms with Crippen LogP contribution in [0.15, 0.2) is 107 Å². The lowest BCUT2D eigenvalue weighted by atomic mass is 10.1. The third kappa shape index (κ3) is 5.14. The number of hydrogen-bond acceptors (Lipinski definition) is 4. The zero-order chi connectivity index (χ0) is 24.9. The summed E-state index contributed by atoms with van der Waals surface area (Å²) in [6, 6.07) is 30.8. The van der Waals surface area contributed by atoms with Gasteiger partial charge in [0.15, 0.2) is 0 Å². The summed E-state index contributed by atoms with van der Waals surface area (Å²) in [5, 5.41) is 2.56. The number of benzene rings is 3. The van der Waals surface area contributed by atoms with Crippen LogP contribution < -0.4 is 5.56 Å². The maximum absolute atomic E-state index is 13.7. The molecule has 0 aliphatic carbocycles. The molecule has 5 aromatic rings. The minimum atomic E-state index is -0.418. The number of aromatic nitrogens is 2. The normalized spacial score (nSPS) is 11.9. The maximum Gasteiger partial charge on any atom is 0.261 e. The van der Waals surface area contributed by atoms with Gasteiger partial charge in [0.05, 0.1) is 29.9 Å². The Morgan fingerprint density at radius 2 is 1.56 bits per heavy atom. The number of fused-ring (bicyclic) bond motifs is 1. The molecule has 0 bridgehead atoms. The van der Waals surface area contributed by atoms with Gasteiger partial charge in [0, 0.05) is 11.4 Å². The van der Waals surface area contributed by atoms with Crippen molar-refractivity contribution >= 4 is 28.1 Å². The largest absolute Gasteiger partial charge is 0.328 e. The van der Waals surface area contributed by atoms with Crippen molar-refractivity contribution < 1.29 is 4.79 Å². The maximum atomic E-state index is 13.7. The van der Waals surface area contributed by atoms with Crippen LogP contribution in [0.25, 0.3) is 10.9 Å². The van der Waals surface area contributed by atoms with Crippen molar-refractivity contribution in [3.63, 3.8) is 0 Å². The lowest BCUT2D eigenvalue weighted by molar-refractivity contribution is -0.133. The molecule has 1 atom stereocenters. The van der Waals surface area contributed by atoms with Gasteiger partial charge in [-0.1, -0.05) is 78.9 Å². The molecule has 0 saturated carbocycles. The van der Waals surface area contributed by atoms with Crippen molar-refractivity contribution in [1.29, 1.82) is 0 Å². The van der Waals surface area contributed by atoms with Crippen LogP contribution >= 0.6 is 11.3 Å². The molecule has 5 nitrogen and oxygen atoms in total. The number of rotatable bonds is 8. The van der Waals surface area contributed by atoms with Crippen LogP contribution in [-0.4, -0.2) is 20.4 Å². The Labute approximate surface area is 214 Å². The van der Waals surface area contributed by atoms with E-state index in [1.165, 1.54) is 0 Å². The van der Waals surface area contributed by atoms with E-state index in [2.05, 4.69) is 0 Å². The number of amides is 1. The summed E-state index contributed by atoms with van der Waals surface area (Å²) < 4.78 is 1.72. The second-order valence-corrected chi connectivity index (χ2v) is 9.84. The van der Waals surface area contributed by atoms with E-state index in [9.17, 15) is 9.59 Å². The van der Waals surface area contributed by atoms with E-state index in [-0.39, 0.29) is 11.5 Å². The standard InChI is InChI=1S/C30H27N3O2S/c1-22(32(20-23-11-4-2-5-12-23)28(34)19-25-15-10-18-36-25)29-31-27-17-9-8-16-26(27)30(35)33(29)21-24-13-6-3-7-14-24/h2-18,22H,19-21H2,1H3. The molecule has 6 heteroatoms. The lowest BCUT2D eigenvalue weighted by Crippen LogP contribution is -2.38. The Morgan fingerprint density at radius 1 is 0.889 bits per heavy atom. The van der Waals surface area contributed by atoms with Crippen molar-refractivity contribution in [1.82, 2.24) is 14.5 Å². The van der Waals surface area contributed by atoms with Gasteiger partial charge in [-0.3, -0.25) is 14.2 Å². The van der Waals surface area contributed by atoms with Crippen LogP contribution in [0.4, 0.5) is 0 Å². The minimum absolute atomic E-state index is 0.00229. The van der Waals surface area contributed by atoms with E-state index in [1.807, 2.05) is 114 Å². The van der Waals surface area contributed by atoms with Gasteiger partial charge in [-0.2, -0.15) is 0 Å². The molecule has 0 radical (unpaired) electrons. The first-order chi connectivity index (χ1) is 17.6. The second kappa shape index (κ2) is 10.7. The fraction of sp³-hybridized carbons (Fsp3) is 0.167. The van der Waals surface area contributed by atoms with Crippen LogP contribution in [0.5, 0.6) is 0 Å². The Bertz CT molecular complexity index is 1510. The molecule has 5 rings (SSSR count). The highest BCUT2D eigenvalue weighted by Gasteiger charge is 2.27. The average molecular weight is 494 g/mol. The first-order valence-corrected chi connectivity index (χ1v) is 12.9. The quantitative estimate of drug-likeness (QED) is 0.273. The Balaban J connectivity index is 1.60. The molecule has 0 N–H and O–H groups in total. The van der Waals surface area contributed by atoms with Gasteiger partial charge in [0.25, 0.3) is 5.56 Å². The summed E-state index contributed by atoms with van der Waals surface area (Å²) >= 11 is 1.57. The summed E-state index contributed by atoms with van der Waals surface area (Å²) in [6.45, 7) is 2.78. The Hall–Kier alpha value is -4.03. The van der Waals surface area contributed by atoms with Crippen LogP contribution in [-0.2, 0) is 24.3 Å². The number of thiophene rings is 1. The highest BCUT2D eigenvalue weighted by Crippen LogP contribution is 2.25. The first-order valence-electron chi connectivity index (χ1n) is 12.0. The van der Waals surface area contributed by atoms with Crippen molar-refractivity contribution in [3.8, 4) is 0 Å². The number of para-hydroxylation sites is 1. The molecule has 0 fully saturated rings. The molecule has 0 saturated heterocycles.